The average Bonchev–Trinajstić information content (AvgIpc) is 1.98. The van der Waals surface area contributed by atoms with Crippen LogP contribution in [-0.2, 0) is 4.79 Å². The minimum Gasteiger partial charge on any atom is -0.544 e. The normalized spacial score (nSPS) is 10.7. The Labute approximate surface area is 99.0 Å². The van der Waals surface area contributed by atoms with Gasteiger partial charge < -0.3 is 9.90 Å². The van der Waals surface area contributed by atoms with E-state index in [4.69, 9.17) is 0 Å². The monoisotopic (exact) mass is 202 g/mol. The van der Waals surface area contributed by atoms with Crippen LogP contribution in [0.25, 0.3) is 0 Å². The fraction of sp³-hybridized carbons (Fsp3) is 0.875. The van der Waals surface area contributed by atoms with E-state index in [2.05, 4.69) is 0 Å². The van der Waals surface area contributed by atoms with E-state index < -0.39 is 18.3 Å². The Hall–Kier alpha value is 0.330. The summed E-state index contributed by atoms with van der Waals surface area (Å²) in [6, 6.07) is 0. The number of aliphatic carboxylic acids is 1. The molecule has 0 amide bonds. The Morgan fingerprint density at radius 2 is 1.85 bits per heavy atom. The number of carbonyl (C=O) groups excluding carboxylic acids is 1. The van der Waals surface area contributed by atoms with Gasteiger partial charge >= 0.3 is 29.6 Å². The van der Waals surface area contributed by atoms with Crippen molar-refractivity contribution < 1.29 is 48.2 Å². The molecule has 0 bridgehead atoms. The van der Waals surface area contributed by atoms with Gasteiger partial charge in [-0.15, -0.1) is 0 Å². The molecule has 0 N–H and O–H groups in total. The molecule has 0 unspecified atom stereocenters. The molecule has 0 heterocycles. The van der Waals surface area contributed by atoms with Gasteiger partial charge in [0.25, 0.3) is 5.92 Å². The predicted octanol–water partition coefficient (Wildman–Crippen LogP) is -1.65. The second kappa shape index (κ2) is 7.71. The third-order valence-corrected chi connectivity index (χ3v) is 1.64. The standard InChI is InChI=1S/C8H14F2O2.Na/c1-2-3-4-5-6-8(9,10)7(11)12;/h2-6H2,1H3,(H,11,12);/q;+1/p-1. The Kier molecular flexibility index (Phi) is 9.36. The van der Waals surface area contributed by atoms with Crippen molar-refractivity contribution in [1.82, 2.24) is 0 Å². The summed E-state index contributed by atoms with van der Waals surface area (Å²) in [4.78, 5) is 9.82. The number of alkyl halides is 2. The van der Waals surface area contributed by atoms with E-state index >= 15 is 0 Å². The van der Waals surface area contributed by atoms with Crippen LogP contribution in [0, 0.1) is 0 Å². The molecule has 0 saturated heterocycles. The molecule has 0 aromatic heterocycles. The SMILES string of the molecule is CCCCCCC(F)(F)C(=O)[O-].[Na+]. The molecule has 2 nitrogen and oxygen atoms in total. The first-order chi connectivity index (χ1) is 5.50. The van der Waals surface area contributed by atoms with Crippen LogP contribution >= 0.6 is 0 Å². The van der Waals surface area contributed by atoms with Crippen LogP contribution in [0.1, 0.15) is 39.0 Å². The van der Waals surface area contributed by atoms with Crippen LogP contribution in [0.2, 0.25) is 0 Å². The van der Waals surface area contributed by atoms with Gasteiger partial charge in [-0.1, -0.05) is 26.2 Å². The van der Waals surface area contributed by atoms with Crippen LogP contribution in [0.5, 0.6) is 0 Å². The summed E-state index contributed by atoms with van der Waals surface area (Å²) < 4.78 is 24.6. The molecule has 0 aliphatic rings. The predicted molar refractivity (Wildman–Crippen MR) is 38.7 cm³/mol. The van der Waals surface area contributed by atoms with Crippen LogP contribution in [0.15, 0.2) is 0 Å². The molecule has 0 spiro atoms. The number of carboxylic acid groups (broad SMARTS) is 1. The topological polar surface area (TPSA) is 40.1 Å². The second-order valence-corrected chi connectivity index (χ2v) is 2.80. The van der Waals surface area contributed by atoms with Crippen molar-refractivity contribution in [3.8, 4) is 0 Å². The van der Waals surface area contributed by atoms with E-state index in [9.17, 15) is 18.7 Å². The van der Waals surface area contributed by atoms with Gasteiger partial charge in [0.05, 0.1) is 0 Å². The third-order valence-electron chi connectivity index (χ3n) is 1.64. The van der Waals surface area contributed by atoms with E-state index in [1.54, 1.807) is 0 Å². The maximum Gasteiger partial charge on any atom is 1.00 e. The van der Waals surface area contributed by atoms with Gasteiger partial charge in [0.15, 0.2) is 0 Å². The first kappa shape index (κ1) is 15.8. The van der Waals surface area contributed by atoms with Crippen molar-refractivity contribution in [2.45, 2.75) is 45.0 Å². The van der Waals surface area contributed by atoms with Crippen molar-refractivity contribution in [3.05, 3.63) is 0 Å². The molecule has 0 radical (unpaired) electrons. The molecule has 0 aliphatic heterocycles. The zero-order valence-corrected chi connectivity index (χ0v) is 10.1. The van der Waals surface area contributed by atoms with Gasteiger partial charge in [-0.2, -0.15) is 0 Å². The number of unbranched alkanes of at least 4 members (excludes halogenated alkanes) is 3. The fourth-order valence-corrected chi connectivity index (χ4v) is 0.876. The summed E-state index contributed by atoms with van der Waals surface area (Å²) in [5.41, 5.74) is 0. The molecule has 0 aromatic rings. The van der Waals surface area contributed by atoms with Gasteiger partial charge in [-0.25, -0.2) is 8.78 Å². The van der Waals surface area contributed by atoms with Crippen LogP contribution in [-0.4, -0.2) is 11.9 Å². The Balaban J connectivity index is 0. The molecule has 0 aliphatic carbocycles. The number of carbonyl (C=O) groups is 1. The molecule has 0 rings (SSSR count). The number of carboxylic acids is 1. The summed E-state index contributed by atoms with van der Waals surface area (Å²) in [6.45, 7) is 1.96. The quantitative estimate of drug-likeness (QED) is 0.382. The average molecular weight is 202 g/mol. The van der Waals surface area contributed by atoms with Crippen molar-refractivity contribution in [2.75, 3.05) is 0 Å². The molecule has 13 heavy (non-hydrogen) atoms. The molecule has 0 fully saturated rings. The van der Waals surface area contributed by atoms with Gasteiger partial charge in [0, 0.05) is 6.42 Å². The number of hydrogen-bond donors (Lipinski definition) is 0. The minimum absolute atomic E-state index is 0. The van der Waals surface area contributed by atoms with Crippen molar-refractivity contribution in [2.24, 2.45) is 0 Å². The Bertz CT molecular complexity index is 151. The van der Waals surface area contributed by atoms with E-state index in [1.165, 1.54) is 0 Å². The van der Waals surface area contributed by atoms with Crippen LogP contribution in [0.3, 0.4) is 0 Å². The maximum absolute atomic E-state index is 12.3. The Morgan fingerprint density at radius 3 is 2.23 bits per heavy atom. The second-order valence-electron chi connectivity index (χ2n) is 2.80. The molecule has 72 valence electrons. The summed E-state index contributed by atoms with van der Waals surface area (Å²) in [5, 5.41) is 9.82. The summed E-state index contributed by atoms with van der Waals surface area (Å²) in [7, 11) is 0. The molecule has 0 saturated carbocycles. The first-order valence-corrected chi connectivity index (χ1v) is 4.10. The van der Waals surface area contributed by atoms with E-state index in [-0.39, 0.29) is 36.0 Å². The van der Waals surface area contributed by atoms with Crippen LogP contribution in [0.4, 0.5) is 8.78 Å². The molecule has 0 atom stereocenters. The molecule has 0 aromatic carbocycles. The molecular weight excluding hydrogens is 189 g/mol. The van der Waals surface area contributed by atoms with Crippen molar-refractivity contribution in [3.63, 3.8) is 0 Å². The number of hydrogen-bond acceptors (Lipinski definition) is 2. The van der Waals surface area contributed by atoms with E-state index in [1.807, 2.05) is 6.92 Å². The minimum atomic E-state index is -3.65. The van der Waals surface area contributed by atoms with Gasteiger partial charge in [-0.3, -0.25) is 0 Å². The smallest absolute Gasteiger partial charge is 0.544 e. The Morgan fingerprint density at radius 1 is 1.31 bits per heavy atom. The summed E-state index contributed by atoms with van der Waals surface area (Å²) in [5.74, 6) is -5.91. The van der Waals surface area contributed by atoms with Gasteiger partial charge in [-0.05, 0) is 6.42 Å². The summed E-state index contributed by atoms with van der Waals surface area (Å²) >= 11 is 0. The zero-order valence-electron chi connectivity index (χ0n) is 8.11. The van der Waals surface area contributed by atoms with E-state index in [0.717, 1.165) is 12.8 Å². The molecular formula is C8H13F2NaO2. The third kappa shape index (κ3) is 7.40. The number of halogens is 2. The van der Waals surface area contributed by atoms with E-state index in [0.29, 0.717) is 6.42 Å². The maximum atomic E-state index is 12.3. The van der Waals surface area contributed by atoms with Crippen LogP contribution < -0.4 is 34.7 Å². The first-order valence-electron chi connectivity index (χ1n) is 4.10. The largest absolute Gasteiger partial charge is 1.00 e. The zero-order chi connectivity index (χ0) is 9.61. The summed E-state index contributed by atoms with van der Waals surface area (Å²) in [6.07, 6.45) is 2.10. The van der Waals surface area contributed by atoms with Crippen molar-refractivity contribution in [1.29, 1.82) is 0 Å². The molecule has 5 heteroatoms. The van der Waals surface area contributed by atoms with Gasteiger partial charge in [0.1, 0.15) is 5.97 Å². The van der Waals surface area contributed by atoms with Gasteiger partial charge in [0.2, 0.25) is 0 Å². The number of rotatable bonds is 6. The van der Waals surface area contributed by atoms with Crippen molar-refractivity contribution >= 4 is 5.97 Å². The fourth-order valence-electron chi connectivity index (χ4n) is 0.876.